The molecule has 9 nitrogen and oxygen atoms in total. The molecular weight excluding hydrogens is 1640 g/mol. The Kier molecular flexibility index (Phi) is 22.2. The van der Waals surface area contributed by atoms with Gasteiger partial charge in [0.1, 0.15) is 0 Å². The van der Waals surface area contributed by atoms with Gasteiger partial charge in [0.2, 0.25) is 0 Å². The first-order valence-electron chi connectivity index (χ1n) is 45.8. The molecule has 3 heterocycles. The minimum Gasteiger partial charge on any atom is -0.208 e. The number of hydrogen-bond acceptors (Lipinski definition) is 9. The van der Waals surface area contributed by atoms with Crippen molar-refractivity contribution in [3.8, 4) is 214 Å². The summed E-state index contributed by atoms with van der Waals surface area (Å²) in [6.45, 7) is 0. The van der Waals surface area contributed by atoms with Gasteiger partial charge in [-0.15, -0.1) is 0 Å². The maximum absolute atomic E-state index is 5.00. The van der Waals surface area contributed by atoms with E-state index in [-0.39, 0.29) is 0 Å². The van der Waals surface area contributed by atoms with Crippen LogP contribution in [-0.4, -0.2) is 44.9 Å². The van der Waals surface area contributed by atoms with E-state index in [4.69, 9.17) is 44.9 Å². The van der Waals surface area contributed by atoms with E-state index in [0.717, 1.165) is 80.5 Å². The standard InChI is InChI=1S/2C46H31N3.C34H23N3/c1-5-15-31(16-6-1)37-28-40(32-17-7-2-8-18-32)43-30-42-38(25-14-26-39(42)41(43)29-37)35-23-13-24-36(27-35)46-48-44(33-19-9-3-10-20-33)47-45(49-46)34-21-11-4-12-22-34;1-4-13-31(14-5-1)34-19-10-20-35(27-34)36-25-26-38-30-43-40(23-12-24-41(43)42(38)29-36)37-21-11-22-39(28-37)46-48-44(32-15-6-2-7-16-32)47-45(49-46)33-17-8-3-9-18-33;1-4-11-23(12-5-1)28-17-10-18-29-30-22-27(20-19-26(30)21-31(28)29)34-36-32(24-13-6-2-7-14-24)35-33(37-34)25-15-8-3-9-16-25/h2*1-29H,30H2;1-20,22H,21H2. The van der Waals surface area contributed by atoms with Gasteiger partial charge in [-0.25, -0.2) is 44.9 Å². The van der Waals surface area contributed by atoms with E-state index in [1.807, 2.05) is 182 Å². The Morgan fingerprint density at radius 3 is 0.667 bits per heavy atom. The van der Waals surface area contributed by atoms with Crippen molar-refractivity contribution in [2.75, 3.05) is 0 Å². The summed E-state index contributed by atoms with van der Waals surface area (Å²) in [5, 5.41) is 0. The topological polar surface area (TPSA) is 116 Å². The highest BCUT2D eigenvalue weighted by Gasteiger charge is 2.30. The largest absolute Gasteiger partial charge is 0.208 e. The second-order valence-electron chi connectivity index (χ2n) is 34.1. The van der Waals surface area contributed by atoms with Crippen molar-refractivity contribution < 1.29 is 0 Å². The molecule has 3 aliphatic rings. The summed E-state index contributed by atoms with van der Waals surface area (Å²) in [7, 11) is 0. The zero-order valence-electron chi connectivity index (χ0n) is 73.8. The van der Waals surface area contributed by atoms with Gasteiger partial charge in [0.05, 0.1) is 0 Å². The Morgan fingerprint density at radius 1 is 0.104 bits per heavy atom. The quantitative estimate of drug-likeness (QED) is 0.0932. The van der Waals surface area contributed by atoms with Crippen molar-refractivity contribution in [1.82, 2.24) is 44.9 Å². The summed E-state index contributed by atoms with van der Waals surface area (Å²) in [5.41, 5.74) is 41.9. The SMILES string of the molecule is c1ccc(-c2cc(-c3ccccc3)c3c(c2)-c2cccc(-c4cccc(-c5nc(-c6ccccc6)nc(-c6ccccc6)n5)c4)c2C3)cc1.c1ccc(-c2cccc(-c3ccc4c(c3)-c3cccc(-c5cccc(-c6nc(-c7ccccc7)nc(-c7ccccc7)n6)c5)c3C4)c2)cc1.c1ccc(-c2nc(-c3ccccc3)nc(-c3ccc4c(c3)-c3cccc(-c5ccccc5)c3C4)n2)cc1. The van der Waals surface area contributed by atoms with E-state index < -0.39 is 0 Å². The van der Waals surface area contributed by atoms with Crippen LogP contribution in [-0.2, 0) is 19.3 Å². The Balaban J connectivity index is 0.000000115. The van der Waals surface area contributed by atoms with Crippen molar-refractivity contribution in [2.45, 2.75) is 19.3 Å². The summed E-state index contributed by atoms with van der Waals surface area (Å²) in [6, 6.07) is 168. The van der Waals surface area contributed by atoms with Gasteiger partial charge in [-0.2, -0.15) is 0 Å². The van der Waals surface area contributed by atoms with Crippen LogP contribution in [0.3, 0.4) is 0 Å². The van der Waals surface area contributed by atoms with E-state index in [2.05, 4.69) is 297 Å². The highest BCUT2D eigenvalue weighted by atomic mass is 15.1. The van der Waals surface area contributed by atoms with Crippen molar-refractivity contribution in [3.63, 3.8) is 0 Å². The van der Waals surface area contributed by atoms with Gasteiger partial charge in [-0.1, -0.05) is 437 Å². The summed E-state index contributed by atoms with van der Waals surface area (Å²) in [4.78, 5) is 44.4. The molecule has 0 aliphatic heterocycles. The van der Waals surface area contributed by atoms with Gasteiger partial charge in [0, 0.05) is 50.1 Å². The molecule has 9 heteroatoms. The molecule has 0 N–H and O–H groups in total. The molecule has 0 bridgehead atoms. The summed E-state index contributed by atoms with van der Waals surface area (Å²) >= 11 is 0. The fourth-order valence-electron chi connectivity index (χ4n) is 19.1. The minimum atomic E-state index is 0.657. The first kappa shape index (κ1) is 81.7. The maximum atomic E-state index is 5.00. The lowest BCUT2D eigenvalue weighted by Gasteiger charge is -2.13. The first-order chi connectivity index (χ1) is 66.9. The van der Waals surface area contributed by atoms with Crippen molar-refractivity contribution in [1.29, 1.82) is 0 Å². The average molecular weight is 1730 g/mol. The molecule has 0 saturated carbocycles. The van der Waals surface area contributed by atoms with E-state index in [1.165, 1.54) is 134 Å². The molecule has 0 radical (unpaired) electrons. The Hall–Kier alpha value is -17.8. The monoisotopic (exact) mass is 1720 g/mol. The maximum Gasteiger partial charge on any atom is 0.164 e. The molecule has 0 saturated heterocycles. The van der Waals surface area contributed by atoms with Crippen molar-refractivity contribution in [2.24, 2.45) is 0 Å². The van der Waals surface area contributed by atoms with Crippen LogP contribution in [0, 0.1) is 0 Å². The number of aromatic nitrogens is 9. The lowest BCUT2D eigenvalue weighted by Crippen LogP contribution is -2.00. The molecule has 634 valence electrons. The molecule has 0 unspecified atom stereocenters. The third-order valence-corrected chi connectivity index (χ3v) is 25.8. The normalized spacial score (nSPS) is 11.6. The molecule has 3 aromatic heterocycles. The van der Waals surface area contributed by atoms with Crippen LogP contribution in [0.15, 0.2) is 479 Å². The van der Waals surface area contributed by atoms with Crippen LogP contribution >= 0.6 is 0 Å². The van der Waals surface area contributed by atoms with Crippen LogP contribution in [0.4, 0.5) is 0 Å². The van der Waals surface area contributed by atoms with E-state index in [0.29, 0.717) is 52.4 Å². The third-order valence-electron chi connectivity index (χ3n) is 25.8. The second kappa shape index (κ2) is 36.6. The van der Waals surface area contributed by atoms with Crippen LogP contribution < -0.4 is 0 Å². The molecule has 0 amide bonds. The summed E-state index contributed by atoms with van der Waals surface area (Å²) in [6.07, 6.45) is 2.70. The summed E-state index contributed by atoms with van der Waals surface area (Å²) in [5.74, 6) is 6.00. The molecule has 135 heavy (non-hydrogen) atoms. The molecular formula is C126H85N9. The molecule has 0 spiro atoms. The lowest BCUT2D eigenvalue weighted by atomic mass is 9.91. The van der Waals surface area contributed by atoms with Gasteiger partial charge in [0.15, 0.2) is 52.4 Å². The smallest absolute Gasteiger partial charge is 0.164 e. The third kappa shape index (κ3) is 16.8. The van der Waals surface area contributed by atoms with Crippen LogP contribution in [0.5, 0.6) is 0 Å². The highest BCUT2D eigenvalue weighted by molar-refractivity contribution is 5.95. The predicted octanol–water partition coefficient (Wildman–Crippen LogP) is 31.0. The molecule has 0 fully saturated rings. The van der Waals surface area contributed by atoms with Crippen LogP contribution in [0.1, 0.15) is 33.4 Å². The van der Waals surface area contributed by atoms with Crippen molar-refractivity contribution in [3.05, 3.63) is 513 Å². The second-order valence-corrected chi connectivity index (χ2v) is 34.1. The van der Waals surface area contributed by atoms with Gasteiger partial charge >= 0.3 is 0 Å². The molecule has 19 aromatic carbocycles. The number of rotatable bonds is 16. The molecule has 3 aliphatic carbocycles. The zero-order chi connectivity index (χ0) is 89.8. The zero-order valence-corrected chi connectivity index (χ0v) is 73.8. The van der Waals surface area contributed by atoms with Gasteiger partial charge in [-0.05, 0) is 206 Å². The van der Waals surface area contributed by atoms with Crippen LogP contribution in [0.2, 0.25) is 0 Å². The van der Waals surface area contributed by atoms with Crippen molar-refractivity contribution >= 4 is 0 Å². The lowest BCUT2D eigenvalue weighted by molar-refractivity contribution is 1.07. The molecule has 25 rings (SSSR count). The Morgan fingerprint density at radius 2 is 0.304 bits per heavy atom. The predicted molar refractivity (Wildman–Crippen MR) is 551 cm³/mol. The average Bonchev–Trinajstić information content (AvgIpc) is 1.60. The van der Waals surface area contributed by atoms with E-state index >= 15 is 0 Å². The molecule has 22 aromatic rings. The van der Waals surface area contributed by atoms with Gasteiger partial charge in [0.25, 0.3) is 0 Å². The van der Waals surface area contributed by atoms with Gasteiger partial charge < -0.3 is 0 Å². The Bertz CT molecular complexity index is 7960. The van der Waals surface area contributed by atoms with Gasteiger partial charge in [-0.3, -0.25) is 0 Å². The molecule has 0 atom stereocenters. The first-order valence-corrected chi connectivity index (χ1v) is 45.8. The number of nitrogens with zero attached hydrogens (tertiary/aromatic N) is 9. The highest BCUT2D eigenvalue weighted by Crippen LogP contribution is 2.50. The summed E-state index contributed by atoms with van der Waals surface area (Å²) < 4.78 is 0. The van der Waals surface area contributed by atoms with E-state index in [1.54, 1.807) is 0 Å². The minimum absolute atomic E-state index is 0.657. The number of fused-ring (bicyclic) bond motifs is 9. The van der Waals surface area contributed by atoms with E-state index in [9.17, 15) is 0 Å². The fraction of sp³-hybridized carbons (Fsp3) is 0.0238. The van der Waals surface area contributed by atoms with Crippen LogP contribution in [0.25, 0.3) is 214 Å². The number of hydrogen-bond donors (Lipinski definition) is 0. The Labute approximate surface area is 785 Å². The number of benzene rings is 19. The fourth-order valence-corrected chi connectivity index (χ4v) is 19.1.